The zero-order valence-electron chi connectivity index (χ0n) is 11.2. The summed E-state index contributed by atoms with van der Waals surface area (Å²) in [4.78, 5) is 2.65. The number of nitrogens with one attached hydrogen (secondary N) is 1. The van der Waals surface area contributed by atoms with E-state index in [1.807, 2.05) is 13.8 Å². The Morgan fingerprint density at radius 2 is 2.12 bits per heavy atom. The van der Waals surface area contributed by atoms with Crippen LogP contribution >= 0.6 is 0 Å². The van der Waals surface area contributed by atoms with Crippen LogP contribution in [-0.2, 0) is 0 Å². The highest BCUT2D eigenvalue weighted by atomic mass is 15.2. The highest BCUT2D eigenvalue weighted by Crippen LogP contribution is 2.27. The molecule has 0 aromatic rings. The number of hydrogen-bond donors (Lipinski definition) is 1. The van der Waals surface area contributed by atoms with E-state index in [-0.39, 0.29) is 5.41 Å². The molecular weight excluding hydrogens is 210 g/mol. The molecule has 2 aliphatic rings. The van der Waals surface area contributed by atoms with Crippen LogP contribution in [0, 0.1) is 16.7 Å². The summed E-state index contributed by atoms with van der Waals surface area (Å²) in [5, 5.41) is 12.7. The second-order valence-corrected chi connectivity index (χ2v) is 6.19. The topological polar surface area (TPSA) is 39.1 Å². The third-order valence-electron chi connectivity index (χ3n) is 4.32. The Labute approximate surface area is 105 Å². The molecule has 3 nitrogen and oxygen atoms in total. The molecule has 0 aromatic carbocycles. The van der Waals surface area contributed by atoms with Gasteiger partial charge in [-0.15, -0.1) is 0 Å². The van der Waals surface area contributed by atoms with Gasteiger partial charge in [0.25, 0.3) is 0 Å². The van der Waals surface area contributed by atoms with E-state index in [9.17, 15) is 0 Å². The van der Waals surface area contributed by atoms with Crippen molar-refractivity contribution in [1.29, 1.82) is 5.26 Å². The Morgan fingerprint density at radius 1 is 1.29 bits per heavy atom. The second-order valence-electron chi connectivity index (χ2n) is 6.19. The Balaban J connectivity index is 1.75. The standard InChI is InChI=1S/C14H25N3/c1-14(2,11-15)7-8-16-12-6-10-17-9-4-3-5-13(12)17/h12-13,16H,3-10H2,1-2H3. The van der Waals surface area contributed by atoms with Crippen LogP contribution < -0.4 is 5.32 Å². The van der Waals surface area contributed by atoms with Crippen molar-refractivity contribution in [3.8, 4) is 6.07 Å². The monoisotopic (exact) mass is 235 g/mol. The number of fused-ring (bicyclic) bond motifs is 1. The molecule has 2 atom stereocenters. The zero-order valence-corrected chi connectivity index (χ0v) is 11.2. The maximum atomic E-state index is 8.99. The lowest BCUT2D eigenvalue weighted by atomic mass is 9.91. The molecule has 0 saturated carbocycles. The number of nitriles is 1. The van der Waals surface area contributed by atoms with Crippen molar-refractivity contribution in [3.05, 3.63) is 0 Å². The van der Waals surface area contributed by atoms with Crippen molar-refractivity contribution < 1.29 is 0 Å². The van der Waals surface area contributed by atoms with Crippen molar-refractivity contribution in [2.45, 2.75) is 58.0 Å². The van der Waals surface area contributed by atoms with Crippen molar-refractivity contribution in [1.82, 2.24) is 10.2 Å². The van der Waals surface area contributed by atoms with E-state index in [4.69, 9.17) is 5.26 Å². The number of piperidine rings is 1. The number of hydrogen-bond acceptors (Lipinski definition) is 3. The van der Waals surface area contributed by atoms with Gasteiger partial charge >= 0.3 is 0 Å². The van der Waals surface area contributed by atoms with E-state index >= 15 is 0 Å². The molecule has 0 aromatic heterocycles. The summed E-state index contributed by atoms with van der Waals surface area (Å²) in [6, 6.07) is 3.82. The van der Waals surface area contributed by atoms with Crippen LogP contribution in [0.2, 0.25) is 0 Å². The summed E-state index contributed by atoms with van der Waals surface area (Å²) in [6.07, 6.45) is 6.37. The fraction of sp³-hybridized carbons (Fsp3) is 0.929. The lowest BCUT2D eigenvalue weighted by Gasteiger charge is -2.33. The molecule has 2 unspecified atom stereocenters. The van der Waals surface area contributed by atoms with E-state index < -0.39 is 0 Å². The third kappa shape index (κ3) is 3.20. The molecule has 2 aliphatic heterocycles. The Kier molecular flexibility index (Phi) is 4.06. The van der Waals surface area contributed by atoms with E-state index in [0.717, 1.165) is 19.0 Å². The van der Waals surface area contributed by atoms with Crippen molar-refractivity contribution >= 4 is 0 Å². The van der Waals surface area contributed by atoms with Crippen LogP contribution in [0.5, 0.6) is 0 Å². The smallest absolute Gasteiger partial charge is 0.0684 e. The van der Waals surface area contributed by atoms with Gasteiger partial charge in [0.2, 0.25) is 0 Å². The predicted molar refractivity (Wildman–Crippen MR) is 69.6 cm³/mol. The second kappa shape index (κ2) is 5.37. The summed E-state index contributed by atoms with van der Waals surface area (Å²) < 4.78 is 0. The van der Waals surface area contributed by atoms with Gasteiger partial charge in [-0.2, -0.15) is 5.26 Å². The van der Waals surface area contributed by atoms with Crippen molar-refractivity contribution in [2.24, 2.45) is 5.41 Å². The average molecular weight is 235 g/mol. The fourth-order valence-corrected chi connectivity index (χ4v) is 3.11. The van der Waals surface area contributed by atoms with E-state index in [1.165, 1.54) is 38.8 Å². The SMILES string of the molecule is CC(C)(C#N)CCNC1CCN2CCCCC12. The first-order chi connectivity index (χ1) is 8.12. The van der Waals surface area contributed by atoms with Gasteiger partial charge in [0.1, 0.15) is 0 Å². The summed E-state index contributed by atoms with van der Waals surface area (Å²) in [5.41, 5.74) is -0.183. The lowest BCUT2D eigenvalue weighted by Crippen LogP contribution is -2.45. The molecule has 96 valence electrons. The average Bonchev–Trinajstić information content (AvgIpc) is 2.73. The minimum absolute atomic E-state index is 0.183. The van der Waals surface area contributed by atoms with Crippen LogP contribution in [0.3, 0.4) is 0 Å². The molecule has 2 heterocycles. The zero-order chi connectivity index (χ0) is 12.3. The van der Waals surface area contributed by atoms with E-state index in [0.29, 0.717) is 6.04 Å². The Morgan fingerprint density at radius 3 is 2.88 bits per heavy atom. The molecule has 3 heteroatoms. The van der Waals surface area contributed by atoms with E-state index in [2.05, 4.69) is 16.3 Å². The van der Waals surface area contributed by atoms with Gasteiger partial charge in [-0.3, -0.25) is 4.90 Å². The summed E-state index contributed by atoms with van der Waals surface area (Å²) in [6.45, 7) is 7.60. The van der Waals surface area contributed by atoms with Crippen LogP contribution in [0.1, 0.15) is 46.0 Å². The van der Waals surface area contributed by atoms with Gasteiger partial charge in [0, 0.05) is 18.6 Å². The Bertz CT molecular complexity index is 292. The minimum Gasteiger partial charge on any atom is -0.312 e. The van der Waals surface area contributed by atoms with Crippen LogP contribution in [-0.4, -0.2) is 36.6 Å². The van der Waals surface area contributed by atoms with Gasteiger partial charge in [-0.1, -0.05) is 6.42 Å². The molecule has 0 spiro atoms. The molecular formula is C14H25N3. The molecule has 2 saturated heterocycles. The van der Waals surface area contributed by atoms with Gasteiger partial charge in [-0.05, 0) is 52.6 Å². The van der Waals surface area contributed by atoms with Gasteiger partial charge in [-0.25, -0.2) is 0 Å². The lowest BCUT2D eigenvalue weighted by molar-refractivity contribution is 0.179. The van der Waals surface area contributed by atoms with Gasteiger partial charge in [0.15, 0.2) is 0 Å². The van der Waals surface area contributed by atoms with E-state index in [1.54, 1.807) is 0 Å². The molecule has 2 fully saturated rings. The van der Waals surface area contributed by atoms with Gasteiger partial charge in [0.05, 0.1) is 11.5 Å². The predicted octanol–water partition coefficient (Wildman–Crippen LogP) is 2.14. The van der Waals surface area contributed by atoms with Crippen LogP contribution in [0.25, 0.3) is 0 Å². The third-order valence-corrected chi connectivity index (χ3v) is 4.32. The first-order valence-corrected chi connectivity index (χ1v) is 7.01. The maximum absolute atomic E-state index is 8.99. The molecule has 1 N–H and O–H groups in total. The Hall–Kier alpha value is -0.590. The maximum Gasteiger partial charge on any atom is 0.0684 e. The summed E-state index contributed by atoms with van der Waals surface area (Å²) in [7, 11) is 0. The van der Waals surface area contributed by atoms with Crippen molar-refractivity contribution in [3.63, 3.8) is 0 Å². The van der Waals surface area contributed by atoms with Crippen molar-refractivity contribution in [2.75, 3.05) is 19.6 Å². The highest BCUT2D eigenvalue weighted by molar-refractivity contribution is 4.96. The quantitative estimate of drug-likeness (QED) is 0.811. The molecule has 0 radical (unpaired) electrons. The molecule has 0 aliphatic carbocycles. The highest BCUT2D eigenvalue weighted by Gasteiger charge is 2.35. The largest absolute Gasteiger partial charge is 0.312 e. The summed E-state index contributed by atoms with van der Waals surface area (Å²) in [5.74, 6) is 0. The molecule has 0 amide bonds. The molecule has 0 bridgehead atoms. The number of nitrogens with zero attached hydrogens (tertiary/aromatic N) is 2. The van der Waals surface area contributed by atoms with Gasteiger partial charge < -0.3 is 5.32 Å². The summed E-state index contributed by atoms with van der Waals surface area (Å²) >= 11 is 0. The normalized spacial score (nSPS) is 29.9. The number of rotatable bonds is 4. The first-order valence-electron chi connectivity index (χ1n) is 7.01. The van der Waals surface area contributed by atoms with Crippen LogP contribution in [0.15, 0.2) is 0 Å². The molecule has 17 heavy (non-hydrogen) atoms. The van der Waals surface area contributed by atoms with Crippen LogP contribution in [0.4, 0.5) is 0 Å². The minimum atomic E-state index is -0.183. The molecule has 2 rings (SSSR count). The first kappa shape index (κ1) is 12.9. The fourth-order valence-electron chi connectivity index (χ4n) is 3.11.